The summed E-state index contributed by atoms with van der Waals surface area (Å²) >= 11 is 0. The summed E-state index contributed by atoms with van der Waals surface area (Å²) in [6, 6.07) is 6.33. The summed E-state index contributed by atoms with van der Waals surface area (Å²) in [5, 5.41) is 8.96. The molecule has 1 aromatic carbocycles. The molecule has 0 fully saturated rings. The zero-order valence-electron chi connectivity index (χ0n) is 11.4. The van der Waals surface area contributed by atoms with Gasteiger partial charge in [0.1, 0.15) is 5.75 Å². The van der Waals surface area contributed by atoms with Crippen LogP contribution in [0.15, 0.2) is 29.2 Å². The van der Waals surface area contributed by atoms with Crippen molar-refractivity contribution in [2.24, 2.45) is 0 Å². The second-order valence-corrected chi connectivity index (χ2v) is 5.97. The van der Waals surface area contributed by atoms with Crippen molar-refractivity contribution in [2.45, 2.75) is 25.2 Å². The fourth-order valence-corrected chi connectivity index (χ4v) is 3.26. The maximum absolute atomic E-state index is 12.4. The van der Waals surface area contributed by atoms with Gasteiger partial charge in [0.05, 0.1) is 18.1 Å². The van der Waals surface area contributed by atoms with E-state index in [1.807, 2.05) is 13.8 Å². The van der Waals surface area contributed by atoms with E-state index in [4.69, 9.17) is 9.84 Å². The Balaban J connectivity index is 2.96. The molecular formula is C13H21NO4S. The average Bonchev–Trinajstić information content (AvgIpc) is 2.39. The topological polar surface area (TPSA) is 66.8 Å². The highest BCUT2D eigenvalue weighted by Gasteiger charge is 2.23. The molecule has 0 amide bonds. The highest BCUT2D eigenvalue weighted by molar-refractivity contribution is 7.89. The second kappa shape index (κ2) is 7.47. The molecule has 0 saturated heterocycles. The Hall–Kier alpha value is -1.11. The largest absolute Gasteiger partial charge is 0.494 e. The van der Waals surface area contributed by atoms with Crippen LogP contribution in [0.4, 0.5) is 0 Å². The van der Waals surface area contributed by atoms with Crippen LogP contribution in [0.5, 0.6) is 5.75 Å². The van der Waals surface area contributed by atoms with Crippen LogP contribution >= 0.6 is 0 Å². The van der Waals surface area contributed by atoms with Gasteiger partial charge in [-0.2, -0.15) is 4.31 Å². The third kappa shape index (κ3) is 4.19. The van der Waals surface area contributed by atoms with Crippen molar-refractivity contribution in [3.05, 3.63) is 24.3 Å². The van der Waals surface area contributed by atoms with Crippen molar-refractivity contribution in [3.8, 4) is 5.75 Å². The van der Waals surface area contributed by atoms with Gasteiger partial charge in [0.15, 0.2) is 0 Å². The molecule has 0 unspecified atom stereocenters. The predicted molar refractivity (Wildman–Crippen MR) is 73.7 cm³/mol. The average molecular weight is 287 g/mol. The maximum Gasteiger partial charge on any atom is 0.243 e. The van der Waals surface area contributed by atoms with Gasteiger partial charge in [0.2, 0.25) is 10.0 Å². The standard InChI is InChI=1S/C13H21NO4S/c1-3-9-14(10-11-15)19(16,17)13-7-5-12(6-8-13)18-4-2/h5-8,15H,3-4,9-11H2,1-2H3. The Bertz CT molecular complexity index is 464. The molecule has 0 heterocycles. The fourth-order valence-electron chi connectivity index (χ4n) is 1.74. The summed E-state index contributed by atoms with van der Waals surface area (Å²) in [6.45, 7) is 4.64. The number of rotatable bonds is 8. The summed E-state index contributed by atoms with van der Waals surface area (Å²) in [7, 11) is -3.54. The van der Waals surface area contributed by atoms with Gasteiger partial charge in [-0.05, 0) is 37.6 Å². The molecule has 1 N–H and O–H groups in total. The zero-order valence-corrected chi connectivity index (χ0v) is 12.2. The van der Waals surface area contributed by atoms with Crippen molar-refractivity contribution in [1.82, 2.24) is 4.31 Å². The minimum atomic E-state index is -3.54. The number of hydrogen-bond acceptors (Lipinski definition) is 4. The van der Waals surface area contributed by atoms with E-state index in [9.17, 15) is 8.42 Å². The van der Waals surface area contributed by atoms with Crippen molar-refractivity contribution in [1.29, 1.82) is 0 Å². The van der Waals surface area contributed by atoms with Gasteiger partial charge in [-0.15, -0.1) is 0 Å². The van der Waals surface area contributed by atoms with E-state index < -0.39 is 10.0 Å². The van der Waals surface area contributed by atoms with Gasteiger partial charge in [0, 0.05) is 13.1 Å². The first-order valence-corrected chi connectivity index (χ1v) is 7.84. The molecule has 0 bridgehead atoms. The Morgan fingerprint density at radius 1 is 1.16 bits per heavy atom. The minimum Gasteiger partial charge on any atom is -0.494 e. The Morgan fingerprint density at radius 3 is 2.26 bits per heavy atom. The number of ether oxygens (including phenoxy) is 1. The molecule has 108 valence electrons. The Morgan fingerprint density at radius 2 is 1.79 bits per heavy atom. The molecule has 0 aliphatic heterocycles. The van der Waals surface area contributed by atoms with Crippen molar-refractivity contribution in [2.75, 3.05) is 26.3 Å². The van der Waals surface area contributed by atoms with E-state index in [0.29, 0.717) is 25.3 Å². The summed E-state index contributed by atoms with van der Waals surface area (Å²) in [6.07, 6.45) is 0.705. The molecule has 0 atom stereocenters. The van der Waals surface area contributed by atoms with E-state index in [1.165, 1.54) is 16.4 Å². The normalized spacial score (nSPS) is 11.8. The van der Waals surface area contributed by atoms with E-state index >= 15 is 0 Å². The predicted octanol–water partition coefficient (Wildman–Crippen LogP) is 1.48. The lowest BCUT2D eigenvalue weighted by atomic mass is 10.3. The molecule has 19 heavy (non-hydrogen) atoms. The van der Waals surface area contributed by atoms with Crippen molar-refractivity contribution >= 4 is 10.0 Å². The van der Waals surface area contributed by atoms with E-state index in [1.54, 1.807) is 12.1 Å². The van der Waals surface area contributed by atoms with Gasteiger partial charge in [0.25, 0.3) is 0 Å². The van der Waals surface area contributed by atoms with Crippen molar-refractivity contribution in [3.63, 3.8) is 0 Å². The molecule has 1 aromatic rings. The van der Waals surface area contributed by atoms with Gasteiger partial charge in [-0.1, -0.05) is 6.92 Å². The lowest BCUT2D eigenvalue weighted by Crippen LogP contribution is -2.34. The molecule has 0 aliphatic carbocycles. The van der Waals surface area contributed by atoms with Gasteiger partial charge < -0.3 is 9.84 Å². The summed E-state index contributed by atoms with van der Waals surface area (Å²) in [5.41, 5.74) is 0. The summed E-state index contributed by atoms with van der Waals surface area (Å²) in [4.78, 5) is 0.220. The highest BCUT2D eigenvalue weighted by atomic mass is 32.2. The van der Waals surface area contributed by atoms with E-state index in [-0.39, 0.29) is 18.0 Å². The van der Waals surface area contributed by atoms with Crippen LogP contribution in [0.3, 0.4) is 0 Å². The SMILES string of the molecule is CCCN(CCO)S(=O)(=O)c1ccc(OCC)cc1. The van der Waals surface area contributed by atoms with Gasteiger partial charge >= 0.3 is 0 Å². The number of hydrogen-bond donors (Lipinski definition) is 1. The third-order valence-corrected chi connectivity index (χ3v) is 4.51. The maximum atomic E-state index is 12.4. The molecule has 0 radical (unpaired) electrons. The second-order valence-electron chi connectivity index (χ2n) is 4.03. The fraction of sp³-hybridized carbons (Fsp3) is 0.538. The van der Waals surface area contributed by atoms with Crippen LogP contribution in [-0.2, 0) is 10.0 Å². The lowest BCUT2D eigenvalue weighted by molar-refractivity contribution is 0.253. The molecule has 0 saturated carbocycles. The number of aliphatic hydroxyl groups excluding tert-OH is 1. The quantitative estimate of drug-likeness (QED) is 0.786. The number of aliphatic hydroxyl groups is 1. The number of nitrogens with zero attached hydrogens (tertiary/aromatic N) is 1. The monoisotopic (exact) mass is 287 g/mol. The molecule has 6 heteroatoms. The molecule has 5 nitrogen and oxygen atoms in total. The van der Waals surface area contributed by atoms with Gasteiger partial charge in [-0.25, -0.2) is 8.42 Å². The highest BCUT2D eigenvalue weighted by Crippen LogP contribution is 2.19. The summed E-state index contributed by atoms with van der Waals surface area (Å²) < 4.78 is 31.3. The molecule has 0 spiro atoms. The van der Waals surface area contributed by atoms with E-state index in [2.05, 4.69) is 0 Å². The number of sulfonamides is 1. The summed E-state index contributed by atoms with van der Waals surface area (Å²) in [5.74, 6) is 0.644. The minimum absolute atomic E-state index is 0.114. The molecule has 1 rings (SSSR count). The first-order chi connectivity index (χ1) is 9.06. The van der Waals surface area contributed by atoms with Crippen LogP contribution in [0.25, 0.3) is 0 Å². The molecule has 0 aliphatic rings. The first kappa shape index (κ1) is 15.9. The Labute approximate surface area is 114 Å². The number of benzene rings is 1. The van der Waals surface area contributed by atoms with Crippen LogP contribution in [0, 0.1) is 0 Å². The van der Waals surface area contributed by atoms with Crippen LogP contribution < -0.4 is 4.74 Å². The lowest BCUT2D eigenvalue weighted by Gasteiger charge is -2.20. The van der Waals surface area contributed by atoms with Crippen LogP contribution in [0.2, 0.25) is 0 Å². The first-order valence-electron chi connectivity index (χ1n) is 6.40. The third-order valence-electron chi connectivity index (χ3n) is 2.59. The zero-order chi connectivity index (χ0) is 14.3. The smallest absolute Gasteiger partial charge is 0.243 e. The van der Waals surface area contributed by atoms with Crippen LogP contribution in [0.1, 0.15) is 20.3 Å². The van der Waals surface area contributed by atoms with Crippen molar-refractivity contribution < 1.29 is 18.3 Å². The van der Waals surface area contributed by atoms with Crippen LogP contribution in [-0.4, -0.2) is 44.1 Å². The molecule has 0 aromatic heterocycles. The molecular weight excluding hydrogens is 266 g/mol. The van der Waals surface area contributed by atoms with E-state index in [0.717, 1.165) is 0 Å². The van der Waals surface area contributed by atoms with Gasteiger partial charge in [-0.3, -0.25) is 0 Å². The Kier molecular flexibility index (Phi) is 6.27.